The molecule has 1 N–H and O–H groups in total. The number of pyridine rings is 3. The molecule has 0 spiro atoms. The summed E-state index contributed by atoms with van der Waals surface area (Å²) in [7, 11) is 0. The molecule has 0 aliphatic rings. The van der Waals surface area contributed by atoms with Crippen LogP contribution >= 0.6 is 0 Å². The van der Waals surface area contributed by atoms with Crippen molar-refractivity contribution in [1.82, 2.24) is 70.5 Å². The third kappa shape index (κ3) is 56.9. The zero-order valence-corrected chi connectivity index (χ0v) is 64.2. The number of benzene rings is 5. The zero-order chi connectivity index (χ0) is 62.8. The van der Waals surface area contributed by atoms with Gasteiger partial charge >= 0.3 is 0 Å². The number of aromatic amines is 1. The van der Waals surface area contributed by atoms with Gasteiger partial charge in [0.25, 0.3) is 0 Å². The minimum Gasteiger partial charge on any atom is -0.911 e. The average Bonchev–Trinajstić information content (AvgIpc) is 2.24. The summed E-state index contributed by atoms with van der Waals surface area (Å²) in [5, 5.41) is 30.5. The second-order valence-electron chi connectivity index (χ2n) is 14.7. The Balaban J connectivity index is -0.000000299. The molecule has 0 saturated heterocycles. The molecule has 23 heteroatoms. The van der Waals surface area contributed by atoms with Crippen molar-refractivity contribution in [3.63, 3.8) is 0 Å². The van der Waals surface area contributed by atoms with E-state index in [1.807, 2.05) is 146 Å². The summed E-state index contributed by atoms with van der Waals surface area (Å²) in [6.07, 6.45) is 37.2. The predicted molar refractivity (Wildman–Crippen MR) is 348 cm³/mol. The van der Waals surface area contributed by atoms with Gasteiger partial charge in [0.05, 0.1) is 28.9 Å². The number of fused-ring (bicyclic) bond motifs is 3. The summed E-state index contributed by atoms with van der Waals surface area (Å²) < 4.78 is 0. The van der Waals surface area contributed by atoms with Crippen LogP contribution in [0.2, 0.25) is 0 Å². The zero-order valence-electron chi connectivity index (χ0n) is 50.1. The van der Waals surface area contributed by atoms with E-state index >= 15 is 0 Å². The van der Waals surface area contributed by atoms with Crippen LogP contribution in [0.25, 0.3) is 49.7 Å². The number of nitrogens with one attached hydrogen (secondary N) is 1. The van der Waals surface area contributed by atoms with Crippen molar-refractivity contribution in [3.8, 4) is 0 Å². The Labute approximate surface area is 666 Å². The SMILES string of the molecule is [CH-]=CC=[CH-].[CH-]=CC=[N-].[CH-]=CN=[CH-].[CH-]=Cc1[c-]cccc1.[N-]=Nc1[c-]cccc1.[Y].[Y].[Y].[Y].[Y].c1ccc2cnccc2c1.c1ccc2ncccc2c1.c1ccc2nccnc2c1.c1ccncc1.c1ccnnc1.c1cn[nH]n1.c1cnccn1.c1cncnc1. The first-order valence-electron chi connectivity index (χ1n) is 25.4. The van der Waals surface area contributed by atoms with Crippen LogP contribution in [0.3, 0.4) is 0 Å². The molecule has 0 bridgehead atoms. The molecule has 13 rings (SSSR count). The molecule has 0 fully saturated rings. The fourth-order valence-electron chi connectivity index (χ4n) is 5.15. The number of allylic oxidation sites excluding steroid dienone is 3. The van der Waals surface area contributed by atoms with Crippen LogP contribution in [-0.2, 0) is 164 Å². The van der Waals surface area contributed by atoms with Gasteiger partial charge in [0.2, 0.25) is 0 Å². The molecule has 0 aliphatic heterocycles. The van der Waals surface area contributed by atoms with Crippen LogP contribution in [0.4, 0.5) is 5.69 Å². The van der Waals surface area contributed by atoms with E-state index in [0.29, 0.717) is 5.69 Å². The maximum absolute atomic E-state index is 8.13. The van der Waals surface area contributed by atoms with Crippen LogP contribution < -0.4 is 0 Å². The second-order valence-corrected chi connectivity index (χ2v) is 14.7. The normalized spacial score (nSPS) is 7.91. The Morgan fingerprint density at radius 2 is 0.848 bits per heavy atom. The summed E-state index contributed by atoms with van der Waals surface area (Å²) in [4.78, 5) is 37.9. The molecule has 5 radical (unpaired) electrons. The Morgan fingerprint density at radius 1 is 0.391 bits per heavy atom. The summed E-state index contributed by atoms with van der Waals surface area (Å²) in [5.41, 5.74) is 12.5. The van der Waals surface area contributed by atoms with E-state index in [9.17, 15) is 0 Å². The molecule has 8 aromatic heterocycles. The quantitative estimate of drug-likeness (QED) is 0.0729. The number of hydrogen-bond acceptors (Lipinski definition) is 15. The third-order valence-corrected chi connectivity index (χ3v) is 8.77. The molecular weight excluding hydrogens is 1530 g/mol. The number of H-pyrrole nitrogens is 1. The summed E-state index contributed by atoms with van der Waals surface area (Å²) in [5.74, 6) is 0. The Kier molecular flexibility index (Phi) is 76.0. The van der Waals surface area contributed by atoms with Crippen LogP contribution in [0.1, 0.15) is 5.56 Å². The van der Waals surface area contributed by atoms with E-state index in [-0.39, 0.29) is 164 Å². The van der Waals surface area contributed by atoms with Gasteiger partial charge in [-0.3, -0.25) is 47.5 Å². The minimum atomic E-state index is 0. The van der Waals surface area contributed by atoms with Gasteiger partial charge in [0.15, 0.2) is 0 Å². The largest absolute Gasteiger partial charge is 0.911 e. The van der Waals surface area contributed by atoms with Crippen LogP contribution in [0, 0.1) is 45.0 Å². The van der Waals surface area contributed by atoms with E-state index < -0.39 is 0 Å². The van der Waals surface area contributed by atoms with Crippen molar-refractivity contribution < 1.29 is 164 Å². The van der Waals surface area contributed by atoms with Gasteiger partial charge in [-0.1, -0.05) is 72.4 Å². The van der Waals surface area contributed by atoms with Crippen molar-refractivity contribution >= 4 is 57.4 Å². The Hall–Kier alpha value is -7.05. The molecule has 13 aromatic rings. The van der Waals surface area contributed by atoms with E-state index in [2.05, 4.69) is 137 Å². The molecule has 18 nitrogen and oxygen atoms in total. The van der Waals surface area contributed by atoms with Crippen molar-refractivity contribution in [1.29, 1.82) is 0 Å². The number of hydrogen-bond donors (Lipinski definition) is 1. The molecule has 0 unspecified atom stereocenters. The van der Waals surface area contributed by atoms with Gasteiger partial charge in [0.1, 0.15) is 6.33 Å². The van der Waals surface area contributed by atoms with Crippen LogP contribution in [0.15, 0.2) is 322 Å². The molecule has 8 heterocycles. The number of aliphatic imine (C=N–C) groups is 1. The monoisotopic (exact) mass is 1590 g/mol. The average molecular weight is 1590 g/mol. The van der Waals surface area contributed by atoms with Gasteiger partial charge in [-0.2, -0.15) is 68.7 Å². The second kappa shape index (κ2) is 74.7. The maximum Gasteiger partial charge on any atom is 0.115 e. The molecular formula is C69H60N18Y5-10. The smallest absolute Gasteiger partial charge is 0.115 e. The van der Waals surface area contributed by atoms with Gasteiger partial charge in [-0.15, -0.1) is 12.1 Å². The number of rotatable bonds is 5. The van der Waals surface area contributed by atoms with Crippen molar-refractivity contribution in [2.45, 2.75) is 0 Å². The fraction of sp³-hybridized carbons (Fsp3) is 0. The summed E-state index contributed by atoms with van der Waals surface area (Å²) >= 11 is 0. The predicted octanol–water partition coefficient (Wildman–Crippen LogP) is 14.6. The molecule has 0 saturated carbocycles. The topological polar surface area (TPSA) is 253 Å². The first-order valence-corrected chi connectivity index (χ1v) is 25.4. The number of aromatic nitrogens is 14. The molecule has 0 atom stereocenters. The number of para-hydroxylation sites is 3. The summed E-state index contributed by atoms with van der Waals surface area (Å²) in [6.45, 7) is 28.3. The number of nitrogens with zero attached hydrogens (tertiary/aromatic N) is 17. The molecule has 0 amide bonds. The van der Waals surface area contributed by atoms with Crippen LogP contribution in [-0.4, -0.2) is 83.4 Å². The third-order valence-electron chi connectivity index (χ3n) is 8.77. The summed E-state index contributed by atoms with van der Waals surface area (Å²) in [6, 6.07) is 61.4. The first-order chi connectivity index (χ1) is 43.0. The van der Waals surface area contributed by atoms with E-state index in [1.165, 1.54) is 40.7 Å². The van der Waals surface area contributed by atoms with E-state index in [0.717, 1.165) is 40.6 Å². The van der Waals surface area contributed by atoms with Gasteiger partial charge in [-0.25, -0.2) is 22.1 Å². The Bertz CT molecular complexity index is 2970. The van der Waals surface area contributed by atoms with Crippen LogP contribution in [0.5, 0.6) is 0 Å². The standard InChI is InChI=1S/2C9H7N.C8H6N2.C8H6.C6H4N2.C5H5N.3C4H4N2.C4H4.2C3H3N.C2H3N3.5Y/c1-2-6-9-8(4-1)5-3-7-10-9;1-2-4-9-7-10-6-5-8(9)3-1;1-2-4-8-7(3-1)9-5-6-10-8;1-2-8-6-4-3-5-7-8;7-8-6-4-2-1-3-5-6;1-2-4-6-5-3-1;1-2-6-4-3-5-1;1-2-5-4-6-3-1;1-2-4-6-5-3-1;2*1-3-4-2;1-2-3-4;1-2-4-5-3-1;;;;;/h2*1-7H;1-6H;1-6H;1-4H;1-5H;3*1-4H;1-4H;2*1-3H;1-2H,(H,3,4,5);;;;;/q;;;2*-2;;;;;3*-2;;;;;;. The van der Waals surface area contributed by atoms with Gasteiger partial charge in [0, 0.05) is 262 Å². The first kappa shape index (κ1) is 93.7. The molecule has 92 heavy (non-hydrogen) atoms. The van der Waals surface area contributed by atoms with E-state index in [1.54, 1.807) is 111 Å². The van der Waals surface area contributed by atoms with Gasteiger partial charge in [-0.05, 0) is 71.4 Å². The molecule has 451 valence electrons. The van der Waals surface area contributed by atoms with Crippen molar-refractivity contribution in [2.24, 2.45) is 10.1 Å². The maximum atomic E-state index is 8.13. The van der Waals surface area contributed by atoms with Crippen molar-refractivity contribution in [3.05, 3.63) is 374 Å². The van der Waals surface area contributed by atoms with E-state index in [4.69, 9.17) is 30.7 Å². The minimum absolute atomic E-state index is 0. The molecule has 5 aromatic carbocycles. The van der Waals surface area contributed by atoms with Gasteiger partial charge < -0.3 is 83.6 Å². The van der Waals surface area contributed by atoms with Crippen molar-refractivity contribution in [2.75, 3.05) is 0 Å². The fourth-order valence-corrected chi connectivity index (χ4v) is 5.15. The molecule has 0 aliphatic carbocycles. The Morgan fingerprint density at radius 3 is 1.17 bits per heavy atom.